The Balaban J connectivity index is 2.02. The second-order valence-corrected chi connectivity index (χ2v) is 5.67. The highest BCUT2D eigenvalue weighted by molar-refractivity contribution is 5.69. The molecule has 1 aromatic rings. The number of aromatic amines is 1. The van der Waals surface area contributed by atoms with Crippen LogP contribution in [0.2, 0.25) is 0 Å². The largest absolute Gasteiger partial charge is 0.444 e. The van der Waals surface area contributed by atoms with Crippen molar-refractivity contribution >= 4 is 6.09 Å². The highest BCUT2D eigenvalue weighted by Gasteiger charge is 2.30. The number of nitrogens with one attached hydrogen (secondary N) is 1. The summed E-state index contributed by atoms with van der Waals surface area (Å²) in [7, 11) is 0. The van der Waals surface area contributed by atoms with Gasteiger partial charge in [-0.1, -0.05) is 0 Å². The number of rotatable bonds is 1. The average Bonchev–Trinajstić information content (AvgIpc) is 2.69. The first kappa shape index (κ1) is 12.9. The Labute approximate surface area is 107 Å². The molecular formula is C12H20N4O2. The molecular weight excluding hydrogens is 232 g/mol. The second kappa shape index (κ2) is 4.28. The van der Waals surface area contributed by atoms with Gasteiger partial charge in [-0.15, -0.1) is 0 Å². The summed E-state index contributed by atoms with van der Waals surface area (Å²) in [5.74, 6) is 0.767. The van der Waals surface area contributed by atoms with Crippen molar-refractivity contribution in [2.45, 2.75) is 52.4 Å². The Hall–Kier alpha value is -1.56. The van der Waals surface area contributed by atoms with Gasteiger partial charge in [0.15, 0.2) is 0 Å². The number of hydrogen-bond acceptors (Lipinski definition) is 4. The van der Waals surface area contributed by atoms with Crippen molar-refractivity contribution in [3.05, 3.63) is 17.2 Å². The van der Waals surface area contributed by atoms with E-state index in [-0.39, 0.29) is 12.1 Å². The third-order valence-corrected chi connectivity index (χ3v) is 2.66. The number of nitrogens with zero attached hydrogens (tertiary/aromatic N) is 2. The summed E-state index contributed by atoms with van der Waals surface area (Å²) in [6.45, 7) is 8.42. The first-order valence-corrected chi connectivity index (χ1v) is 6.07. The van der Waals surface area contributed by atoms with E-state index in [4.69, 9.17) is 10.5 Å². The maximum Gasteiger partial charge on any atom is 0.410 e. The molecule has 1 unspecified atom stereocenters. The number of imidazole rings is 1. The van der Waals surface area contributed by atoms with Crippen LogP contribution in [0.3, 0.4) is 0 Å². The van der Waals surface area contributed by atoms with Crippen LogP contribution in [0.1, 0.15) is 50.9 Å². The Morgan fingerprint density at radius 2 is 2.17 bits per heavy atom. The molecule has 1 amide bonds. The molecule has 3 N–H and O–H groups in total. The summed E-state index contributed by atoms with van der Waals surface area (Å²) in [5.41, 5.74) is 7.11. The Morgan fingerprint density at radius 1 is 1.50 bits per heavy atom. The number of fused-ring (bicyclic) bond motifs is 1. The highest BCUT2D eigenvalue weighted by atomic mass is 16.6. The molecule has 0 aromatic carbocycles. The number of amides is 1. The fourth-order valence-electron chi connectivity index (χ4n) is 1.83. The molecule has 2 heterocycles. The number of H-pyrrole nitrogens is 1. The van der Waals surface area contributed by atoms with Gasteiger partial charge in [-0.3, -0.25) is 4.90 Å². The molecule has 100 valence electrons. The third kappa shape index (κ3) is 2.64. The predicted octanol–water partition coefficient (Wildman–Crippen LogP) is 1.68. The van der Waals surface area contributed by atoms with Gasteiger partial charge >= 0.3 is 6.09 Å². The first-order chi connectivity index (χ1) is 8.26. The van der Waals surface area contributed by atoms with E-state index >= 15 is 0 Å². The van der Waals surface area contributed by atoms with Crippen molar-refractivity contribution in [2.75, 3.05) is 0 Å². The smallest absolute Gasteiger partial charge is 0.410 e. The van der Waals surface area contributed by atoms with Crippen LogP contribution < -0.4 is 5.73 Å². The van der Waals surface area contributed by atoms with E-state index < -0.39 is 5.60 Å². The number of ether oxygens (including phenoxy) is 1. The van der Waals surface area contributed by atoms with Crippen LogP contribution >= 0.6 is 0 Å². The lowest BCUT2D eigenvalue weighted by atomic mass is 10.2. The van der Waals surface area contributed by atoms with Gasteiger partial charge in [-0.2, -0.15) is 0 Å². The molecule has 6 heteroatoms. The summed E-state index contributed by atoms with van der Waals surface area (Å²) in [4.78, 5) is 21.1. The molecule has 0 radical (unpaired) electrons. The fraction of sp³-hybridized carbons (Fsp3) is 0.667. The molecule has 1 aromatic heterocycles. The van der Waals surface area contributed by atoms with E-state index in [0.29, 0.717) is 13.1 Å². The molecule has 1 atom stereocenters. The molecule has 1 aliphatic heterocycles. The van der Waals surface area contributed by atoms with Crippen LogP contribution in [-0.2, 0) is 17.8 Å². The van der Waals surface area contributed by atoms with Crippen molar-refractivity contribution in [1.29, 1.82) is 0 Å². The monoisotopic (exact) mass is 252 g/mol. The molecule has 0 bridgehead atoms. The zero-order chi connectivity index (χ0) is 13.5. The molecule has 0 aliphatic carbocycles. The molecule has 1 aliphatic rings. The topological polar surface area (TPSA) is 84.2 Å². The van der Waals surface area contributed by atoms with Gasteiger partial charge < -0.3 is 15.5 Å². The molecule has 0 fully saturated rings. The summed E-state index contributed by atoms with van der Waals surface area (Å²) in [6.07, 6.45) is -0.309. The van der Waals surface area contributed by atoms with Crippen LogP contribution in [0.4, 0.5) is 4.79 Å². The van der Waals surface area contributed by atoms with Gasteiger partial charge in [0.05, 0.1) is 30.5 Å². The Kier molecular flexibility index (Phi) is 3.06. The number of carbonyl (C=O) groups is 1. The van der Waals surface area contributed by atoms with Crippen LogP contribution in [0.5, 0.6) is 0 Å². The minimum absolute atomic E-state index is 0.120. The normalized spacial score (nSPS) is 16.6. The quantitative estimate of drug-likeness (QED) is 0.796. The maximum absolute atomic E-state index is 11.9. The van der Waals surface area contributed by atoms with E-state index in [1.165, 1.54) is 0 Å². The standard InChI is InChI=1S/C12H20N4O2/c1-7(13)10-14-8-5-16(6-9(8)15-10)11(17)18-12(2,3)4/h7H,5-6,13H2,1-4H3,(H,14,15). The van der Waals surface area contributed by atoms with E-state index in [9.17, 15) is 4.79 Å². The van der Waals surface area contributed by atoms with Gasteiger partial charge in [-0.05, 0) is 27.7 Å². The summed E-state index contributed by atoms with van der Waals surface area (Å²) in [6, 6.07) is -0.120. The van der Waals surface area contributed by atoms with Crippen LogP contribution in [-0.4, -0.2) is 26.6 Å². The average molecular weight is 252 g/mol. The summed E-state index contributed by atoms with van der Waals surface area (Å²) < 4.78 is 5.32. The van der Waals surface area contributed by atoms with E-state index in [1.807, 2.05) is 27.7 Å². The number of hydrogen-bond donors (Lipinski definition) is 2. The zero-order valence-corrected chi connectivity index (χ0v) is 11.3. The zero-order valence-electron chi connectivity index (χ0n) is 11.3. The minimum atomic E-state index is -0.474. The summed E-state index contributed by atoms with van der Waals surface area (Å²) >= 11 is 0. The minimum Gasteiger partial charge on any atom is -0.444 e. The lowest BCUT2D eigenvalue weighted by molar-refractivity contribution is 0.0238. The first-order valence-electron chi connectivity index (χ1n) is 6.07. The van der Waals surface area contributed by atoms with Gasteiger partial charge in [-0.25, -0.2) is 9.78 Å². The second-order valence-electron chi connectivity index (χ2n) is 5.67. The molecule has 0 saturated heterocycles. The third-order valence-electron chi connectivity index (χ3n) is 2.66. The number of carbonyl (C=O) groups excluding carboxylic acids is 1. The van der Waals surface area contributed by atoms with Gasteiger partial charge in [0.2, 0.25) is 0 Å². The van der Waals surface area contributed by atoms with Crippen LogP contribution in [0.25, 0.3) is 0 Å². The maximum atomic E-state index is 11.9. The van der Waals surface area contributed by atoms with E-state index in [1.54, 1.807) is 4.90 Å². The SMILES string of the molecule is CC(N)c1nc2c([nH]1)CN(C(=O)OC(C)(C)C)C2. The lowest BCUT2D eigenvalue weighted by Crippen LogP contribution is -2.33. The summed E-state index contributed by atoms with van der Waals surface area (Å²) in [5, 5.41) is 0. The molecule has 0 spiro atoms. The molecule has 18 heavy (non-hydrogen) atoms. The van der Waals surface area contributed by atoms with E-state index in [0.717, 1.165) is 17.2 Å². The van der Waals surface area contributed by atoms with Crippen molar-refractivity contribution in [3.63, 3.8) is 0 Å². The fourth-order valence-corrected chi connectivity index (χ4v) is 1.83. The predicted molar refractivity (Wildman–Crippen MR) is 66.7 cm³/mol. The van der Waals surface area contributed by atoms with Crippen molar-refractivity contribution in [2.24, 2.45) is 5.73 Å². The van der Waals surface area contributed by atoms with Crippen LogP contribution in [0.15, 0.2) is 0 Å². The van der Waals surface area contributed by atoms with Crippen molar-refractivity contribution in [3.8, 4) is 0 Å². The van der Waals surface area contributed by atoms with Gasteiger partial charge in [0.1, 0.15) is 11.4 Å². The number of nitrogens with two attached hydrogens (primary N) is 1. The van der Waals surface area contributed by atoms with E-state index in [2.05, 4.69) is 9.97 Å². The number of aromatic nitrogens is 2. The molecule has 0 saturated carbocycles. The lowest BCUT2D eigenvalue weighted by Gasteiger charge is -2.24. The van der Waals surface area contributed by atoms with Crippen LogP contribution in [0, 0.1) is 0 Å². The molecule has 6 nitrogen and oxygen atoms in total. The van der Waals surface area contributed by atoms with Gasteiger partial charge in [0, 0.05) is 0 Å². The Bertz CT molecular complexity index is 436. The van der Waals surface area contributed by atoms with Crippen molar-refractivity contribution in [1.82, 2.24) is 14.9 Å². The van der Waals surface area contributed by atoms with Gasteiger partial charge in [0.25, 0.3) is 0 Å². The Morgan fingerprint density at radius 3 is 2.67 bits per heavy atom. The van der Waals surface area contributed by atoms with Crippen molar-refractivity contribution < 1.29 is 9.53 Å². The highest BCUT2D eigenvalue weighted by Crippen LogP contribution is 2.23. The molecule has 2 rings (SSSR count).